The molecule has 0 saturated heterocycles. The van der Waals surface area contributed by atoms with Gasteiger partial charge in [-0.25, -0.2) is 8.78 Å². The quantitative estimate of drug-likeness (QED) is 0.906. The molecule has 2 unspecified atom stereocenters. The van der Waals surface area contributed by atoms with E-state index in [2.05, 4.69) is 0 Å². The van der Waals surface area contributed by atoms with Gasteiger partial charge in [0.05, 0.1) is 0 Å². The van der Waals surface area contributed by atoms with E-state index in [1.807, 2.05) is 6.92 Å². The predicted molar refractivity (Wildman–Crippen MR) is 74.4 cm³/mol. The van der Waals surface area contributed by atoms with Gasteiger partial charge >= 0.3 is 0 Å². The van der Waals surface area contributed by atoms with Crippen LogP contribution in [0.4, 0.5) is 13.2 Å². The summed E-state index contributed by atoms with van der Waals surface area (Å²) in [6, 6.07) is 8.85. The Morgan fingerprint density at radius 2 is 1.71 bits per heavy atom. The van der Waals surface area contributed by atoms with Crippen molar-refractivity contribution in [2.24, 2.45) is 5.73 Å². The maximum absolute atomic E-state index is 13.7. The van der Waals surface area contributed by atoms with Crippen LogP contribution in [0.1, 0.15) is 25.0 Å². The second kappa shape index (κ2) is 6.63. The van der Waals surface area contributed by atoms with Crippen LogP contribution >= 0.6 is 0 Å². The van der Waals surface area contributed by atoms with Crippen LogP contribution in [0, 0.1) is 17.5 Å². The molecule has 0 aliphatic rings. The number of nitrogens with two attached hydrogens (primary N) is 1. The number of hydrogen-bond acceptors (Lipinski definition) is 2. The first kappa shape index (κ1) is 15.4. The molecular weight excluding hydrogens is 279 g/mol. The number of halogens is 3. The first-order valence-corrected chi connectivity index (χ1v) is 6.64. The van der Waals surface area contributed by atoms with Crippen molar-refractivity contribution >= 4 is 0 Å². The Morgan fingerprint density at radius 1 is 1.05 bits per heavy atom. The lowest BCUT2D eigenvalue weighted by Gasteiger charge is -2.25. The summed E-state index contributed by atoms with van der Waals surface area (Å²) in [5, 5.41) is 0. The third kappa shape index (κ3) is 3.55. The first-order valence-electron chi connectivity index (χ1n) is 6.64. The minimum absolute atomic E-state index is 0.215. The molecular formula is C16H16F3NO. The predicted octanol–water partition coefficient (Wildman–Crippen LogP) is 3.96. The van der Waals surface area contributed by atoms with Crippen molar-refractivity contribution in [2.75, 3.05) is 0 Å². The molecule has 112 valence electrons. The van der Waals surface area contributed by atoms with E-state index in [-0.39, 0.29) is 11.6 Å². The highest BCUT2D eigenvalue weighted by molar-refractivity contribution is 5.28. The Kier molecular flexibility index (Phi) is 4.85. The van der Waals surface area contributed by atoms with Crippen molar-refractivity contribution in [3.8, 4) is 5.75 Å². The van der Waals surface area contributed by atoms with Crippen LogP contribution in [0.25, 0.3) is 0 Å². The normalized spacial score (nSPS) is 13.8. The molecule has 5 heteroatoms. The Hall–Kier alpha value is -2.01. The van der Waals surface area contributed by atoms with Crippen LogP contribution in [0.15, 0.2) is 42.5 Å². The van der Waals surface area contributed by atoms with E-state index in [9.17, 15) is 13.2 Å². The van der Waals surface area contributed by atoms with Crippen LogP contribution in [0.3, 0.4) is 0 Å². The second-order valence-corrected chi connectivity index (χ2v) is 4.71. The number of ether oxygens (including phenoxy) is 1. The van der Waals surface area contributed by atoms with Crippen molar-refractivity contribution in [1.29, 1.82) is 0 Å². The van der Waals surface area contributed by atoms with Crippen molar-refractivity contribution in [3.63, 3.8) is 0 Å². The highest BCUT2D eigenvalue weighted by atomic mass is 19.2. The van der Waals surface area contributed by atoms with Gasteiger partial charge in [0.2, 0.25) is 5.82 Å². The fourth-order valence-corrected chi connectivity index (χ4v) is 1.98. The first-order chi connectivity index (χ1) is 10.0. The zero-order valence-corrected chi connectivity index (χ0v) is 11.5. The molecule has 2 aromatic carbocycles. The third-order valence-electron chi connectivity index (χ3n) is 3.23. The molecule has 2 atom stereocenters. The van der Waals surface area contributed by atoms with Crippen molar-refractivity contribution in [1.82, 2.24) is 0 Å². The fraction of sp³-hybridized carbons (Fsp3) is 0.250. The van der Waals surface area contributed by atoms with Gasteiger partial charge < -0.3 is 10.5 Å². The lowest BCUT2D eigenvalue weighted by molar-refractivity contribution is 0.162. The summed E-state index contributed by atoms with van der Waals surface area (Å²) in [5.74, 6) is -2.66. The molecule has 0 aromatic heterocycles. The van der Waals surface area contributed by atoms with E-state index < -0.39 is 23.8 Å². The van der Waals surface area contributed by atoms with Gasteiger partial charge in [0.25, 0.3) is 0 Å². The minimum Gasteiger partial charge on any atom is -0.481 e. The molecule has 0 saturated carbocycles. The average molecular weight is 295 g/mol. The Bertz CT molecular complexity index is 601. The van der Waals surface area contributed by atoms with Crippen LogP contribution in [0.5, 0.6) is 5.75 Å². The highest BCUT2D eigenvalue weighted by Gasteiger charge is 2.22. The maximum atomic E-state index is 13.7. The molecule has 0 fully saturated rings. The summed E-state index contributed by atoms with van der Waals surface area (Å²) in [5.41, 5.74) is 6.59. The van der Waals surface area contributed by atoms with Gasteiger partial charge in [0.1, 0.15) is 11.9 Å². The van der Waals surface area contributed by atoms with E-state index in [0.717, 1.165) is 6.07 Å². The van der Waals surface area contributed by atoms with Crippen molar-refractivity contribution in [3.05, 3.63) is 65.5 Å². The van der Waals surface area contributed by atoms with Gasteiger partial charge in [-0.2, -0.15) is 4.39 Å². The van der Waals surface area contributed by atoms with Crippen LogP contribution < -0.4 is 10.5 Å². The summed E-state index contributed by atoms with van der Waals surface area (Å²) in [4.78, 5) is 0. The van der Waals surface area contributed by atoms with Gasteiger partial charge in [-0.1, -0.05) is 25.1 Å². The van der Waals surface area contributed by atoms with E-state index in [1.54, 1.807) is 0 Å². The molecule has 0 aliphatic heterocycles. The van der Waals surface area contributed by atoms with Gasteiger partial charge in [-0.05, 0) is 36.2 Å². The second-order valence-electron chi connectivity index (χ2n) is 4.71. The summed E-state index contributed by atoms with van der Waals surface area (Å²) in [6.45, 7) is 1.85. The van der Waals surface area contributed by atoms with Crippen LogP contribution in [-0.4, -0.2) is 6.04 Å². The summed E-state index contributed by atoms with van der Waals surface area (Å²) < 4.78 is 45.5. The number of benzene rings is 2. The highest BCUT2D eigenvalue weighted by Crippen LogP contribution is 2.28. The topological polar surface area (TPSA) is 35.2 Å². The van der Waals surface area contributed by atoms with Gasteiger partial charge in [0, 0.05) is 6.04 Å². The zero-order chi connectivity index (χ0) is 15.4. The lowest BCUT2D eigenvalue weighted by atomic mass is 10.0. The molecule has 2 rings (SSSR count). The summed E-state index contributed by atoms with van der Waals surface area (Å²) >= 11 is 0. The maximum Gasteiger partial charge on any atom is 0.200 e. The van der Waals surface area contributed by atoms with E-state index in [0.29, 0.717) is 12.0 Å². The standard InChI is InChI=1S/C16H16F3NO/c1-2-13(20)16(10-6-8-11(17)9-7-10)21-14-5-3-4-12(18)15(14)19/h3-9,13,16H,2,20H2,1H3. The van der Waals surface area contributed by atoms with E-state index >= 15 is 0 Å². The van der Waals surface area contributed by atoms with Crippen LogP contribution in [0.2, 0.25) is 0 Å². The minimum atomic E-state index is -1.06. The molecule has 0 spiro atoms. The molecule has 2 aromatic rings. The monoisotopic (exact) mass is 295 g/mol. The van der Waals surface area contributed by atoms with E-state index in [1.165, 1.54) is 36.4 Å². The summed E-state index contributed by atoms with van der Waals surface area (Å²) in [7, 11) is 0. The van der Waals surface area contributed by atoms with Crippen molar-refractivity contribution < 1.29 is 17.9 Å². The van der Waals surface area contributed by atoms with Gasteiger partial charge in [-0.15, -0.1) is 0 Å². The molecule has 21 heavy (non-hydrogen) atoms. The van der Waals surface area contributed by atoms with Crippen LogP contribution in [-0.2, 0) is 0 Å². The smallest absolute Gasteiger partial charge is 0.200 e. The molecule has 0 radical (unpaired) electrons. The molecule has 2 N–H and O–H groups in total. The molecule has 0 amide bonds. The molecule has 2 nitrogen and oxygen atoms in total. The zero-order valence-electron chi connectivity index (χ0n) is 11.5. The Labute approximate surface area is 121 Å². The number of hydrogen-bond donors (Lipinski definition) is 1. The Balaban J connectivity index is 2.33. The molecule has 0 aliphatic carbocycles. The molecule has 0 bridgehead atoms. The van der Waals surface area contributed by atoms with Gasteiger partial charge in [-0.3, -0.25) is 0 Å². The lowest BCUT2D eigenvalue weighted by Crippen LogP contribution is -2.31. The summed E-state index contributed by atoms with van der Waals surface area (Å²) in [6.07, 6.45) is -0.120. The molecule has 0 heterocycles. The largest absolute Gasteiger partial charge is 0.481 e. The third-order valence-corrected chi connectivity index (χ3v) is 3.23. The Morgan fingerprint density at radius 3 is 2.33 bits per heavy atom. The number of rotatable bonds is 5. The average Bonchev–Trinajstić information content (AvgIpc) is 2.49. The van der Waals surface area contributed by atoms with Crippen molar-refractivity contribution in [2.45, 2.75) is 25.5 Å². The van der Waals surface area contributed by atoms with E-state index in [4.69, 9.17) is 10.5 Å². The fourth-order valence-electron chi connectivity index (χ4n) is 1.98. The van der Waals surface area contributed by atoms with Gasteiger partial charge in [0.15, 0.2) is 11.6 Å². The SMILES string of the molecule is CCC(N)C(Oc1cccc(F)c1F)c1ccc(F)cc1.